The van der Waals surface area contributed by atoms with E-state index in [4.69, 9.17) is 37.0 Å². The lowest BCUT2D eigenvalue weighted by Crippen LogP contribution is -2.30. The molecule has 0 saturated heterocycles. The summed E-state index contributed by atoms with van der Waals surface area (Å²) >= 11 is 0. The first-order chi connectivity index (χ1) is 39.8. The summed E-state index contributed by atoms with van der Waals surface area (Å²) in [4.78, 5) is 71.9. The predicted octanol–water partition coefficient (Wildman–Crippen LogP) is 17.5. The van der Waals surface area contributed by atoms with Crippen LogP contribution in [0.5, 0.6) is 0 Å². The normalized spacial score (nSPS) is 15.0. The van der Waals surface area contributed by atoms with E-state index in [-0.39, 0.29) is 25.7 Å². The molecule has 0 saturated carbocycles. The fourth-order valence-corrected chi connectivity index (χ4v) is 11.0. The van der Waals surface area contributed by atoms with Gasteiger partial charge in [0.1, 0.15) is 19.3 Å². The van der Waals surface area contributed by atoms with Gasteiger partial charge in [0.25, 0.3) is 0 Å². The standard InChI is InChI=1S/C64H124O17P2/c1-8-11-12-28-38-45-61(66)74-51-59(81-64(69)48-41-34-27-25-31-37-44-57(7)10-3)53-78-82(70,71)76-49-58(65)50-77-83(72,73)79-54-60(52-75-62(67)46-39-32-26-24-30-36-43-56(6)9-2)80-63(68)47-40-33-23-21-19-17-15-13-14-16-18-20-22-29-35-42-55(4)5/h55-60,65H,8-54H2,1-7H3,(H,70,71)(H,72,73)/t56?,57?,58-,59+,60+/m0/s1. The highest BCUT2D eigenvalue weighted by Gasteiger charge is 2.30. The zero-order valence-corrected chi connectivity index (χ0v) is 55.4. The van der Waals surface area contributed by atoms with E-state index in [0.29, 0.717) is 25.7 Å². The average Bonchev–Trinajstić information content (AvgIpc) is 3.46. The van der Waals surface area contributed by atoms with Gasteiger partial charge < -0.3 is 33.8 Å². The number of phosphoric ester groups is 2. The lowest BCUT2D eigenvalue weighted by atomic mass is 10.00. The van der Waals surface area contributed by atoms with E-state index in [2.05, 4.69) is 48.5 Å². The number of hydrogen-bond acceptors (Lipinski definition) is 15. The van der Waals surface area contributed by atoms with Gasteiger partial charge in [-0.15, -0.1) is 0 Å². The van der Waals surface area contributed by atoms with Gasteiger partial charge in [0.2, 0.25) is 0 Å². The molecule has 0 amide bonds. The number of phosphoric acid groups is 2. The maximum Gasteiger partial charge on any atom is 0.472 e. The third kappa shape index (κ3) is 56.3. The van der Waals surface area contributed by atoms with Gasteiger partial charge in [0.05, 0.1) is 26.4 Å². The van der Waals surface area contributed by atoms with Crippen molar-refractivity contribution < 1.29 is 80.2 Å². The molecule has 17 nitrogen and oxygen atoms in total. The first-order valence-corrected chi connectivity index (χ1v) is 36.4. The van der Waals surface area contributed by atoms with E-state index in [1.807, 2.05) is 0 Å². The van der Waals surface area contributed by atoms with Crippen molar-refractivity contribution in [3.05, 3.63) is 0 Å². The molecule has 19 heteroatoms. The molecular formula is C64H124O17P2. The van der Waals surface area contributed by atoms with Crippen LogP contribution in [0.15, 0.2) is 0 Å². The predicted molar refractivity (Wildman–Crippen MR) is 331 cm³/mol. The van der Waals surface area contributed by atoms with Crippen LogP contribution in [-0.2, 0) is 65.4 Å². The summed E-state index contributed by atoms with van der Waals surface area (Å²) in [7, 11) is -9.88. The zero-order valence-electron chi connectivity index (χ0n) is 53.6. The van der Waals surface area contributed by atoms with Crippen LogP contribution in [0.1, 0.15) is 312 Å². The van der Waals surface area contributed by atoms with Crippen molar-refractivity contribution in [2.45, 2.75) is 330 Å². The van der Waals surface area contributed by atoms with Gasteiger partial charge >= 0.3 is 39.5 Å². The van der Waals surface area contributed by atoms with Crippen molar-refractivity contribution in [3.63, 3.8) is 0 Å². The maximum absolute atomic E-state index is 13.0. The Morgan fingerprint density at radius 1 is 0.349 bits per heavy atom. The Hall–Kier alpha value is -1.94. The monoisotopic (exact) mass is 1230 g/mol. The van der Waals surface area contributed by atoms with E-state index >= 15 is 0 Å². The third-order valence-corrected chi connectivity index (χ3v) is 17.3. The van der Waals surface area contributed by atoms with E-state index in [1.54, 1.807) is 0 Å². The van der Waals surface area contributed by atoms with Crippen molar-refractivity contribution in [1.82, 2.24) is 0 Å². The van der Waals surface area contributed by atoms with E-state index in [1.165, 1.54) is 109 Å². The van der Waals surface area contributed by atoms with Crippen LogP contribution in [0.3, 0.4) is 0 Å². The minimum absolute atomic E-state index is 0.102. The Balaban J connectivity index is 5.15. The number of carbonyl (C=O) groups is 4. The highest BCUT2D eigenvalue weighted by Crippen LogP contribution is 2.45. The van der Waals surface area contributed by atoms with Gasteiger partial charge in [-0.05, 0) is 43.4 Å². The lowest BCUT2D eigenvalue weighted by Gasteiger charge is -2.21. The average molecular weight is 1230 g/mol. The van der Waals surface area contributed by atoms with Crippen molar-refractivity contribution in [2.24, 2.45) is 17.8 Å². The molecule has 4 unspecified atom stereocenters. The zero-order chi connectivity index (χ0) is 61.7. The second-order valence-corrected chi connectivity index (χ2v) is 27.0. The molecule has 83 heavy (non-hydrogen) atoms. The molecule has 0 spiro atoms. The van der Waals surface area contributed by atoms with Gasteiger partial charge in [0.15, 0.2) is 12.2 Å². The topological polar surface area (TPSA) is 237 Å². The molecule has 0 fully saturated rings. The number of carbonyl (C=O) groups excluding carboxylic acids is 4. The summed E-state index contributed by atoms with van der Waals surface area (Å²) < 4.78 is 67.8. The summed E-state index contributed by atoms with van der Waals surface area (Å²) in [5, 5.41) is 10.5. The number of aliphatic hydroxyl groups is 1. The summed E-state index contributed by atoms with van der Waals surface area (Å²) in [5.41, 5.74) is 0. The number of unbranched alkanes of at least 4 members (excludes halogenated alkanes) is 28. The molecule has 492 valence electrons. The van der Waals surface area contributed by atoms with Crippen molar-refractivity contribution in [2.75, 3.05) is 39.6 Å². The van der Waals surface area contributed by atoms with Gasteiger partial charge in [-0.3, -0.25) is 37.3 Å². The first-order valence-electron chi connectivity index (χ1n) is 33.4. The van der Waals surface area contributed by atoms with Gasteiger partial charge in [-0.2, -0.15) is 0 Å². The van der Waals surface area contributed by atoms with Crippen molar-refractivity contribution >= 4 is 39.5 Å². The molecule has 0 heterocycles. The molecule has 0 aliphatic rings. The number of hydrogen-bond donors (Lipinski definition) is 3. The SMILES string of the molecule is CCCCCCCC(=O)OC[C@H](COP(=O)(O)OC[C@H](O)COP(=O)(O)OC[C@@H](COC(=O)CCCCCCCCC(C)CC)OC(=O)CCCCCCCCCCCCCCCCCC(C)C)OC(=O)CCCCCCCCC(C)CC. The number of ether oxygens (including phenoxy) is 4. The number of esters is 4. The molecule has 0 rings (SSSR count). The molecular weight excluding hydrogens is 1100 g/mol. The fourth-order valence-electron chi connectivity index (χ4n) is 9.42. The smallest absolute Gasteiger partial charge is 0.462 e. The van der Waals surface area contributed by atoms with Crippen LogP contribution < -0.4 is 0 Å². The first kappa shape index (κ1) is 81.1. The second kappa shape index (κ2) is 55.4. The van der Waals surface area contributed by atoms with Gasteiger partial charge in [0, 0.05) is 25.7 Å². The summed E-state index contributed by atoms with van der Waals surface area (Å²) in [5.74, 6) is 0.104. The highest BCUT2D eigenvalue weighted by atomic mass is 31.2. The van der Waals surface area contributed by atoms with Crippen LogP contribution in [0.2, 0.25) is 0 Å². The van der Waals surface area contributed by atoms with Crippen LogP contribution in [0, 0.1) is 17.8 Å². The Labute approximate surface area is 505 Å². The Morgan fingerprint density at radius 2 is 0.614 bits per heavy atom. The van der Waals surface area contributed by atoms with Gasteiger partial charge in [-0.25, -0.2) is 9.13 Å². The largest absolute Gasteiger partial charge is 0.472 e. The molecule has 0 aromatic carbocycles. The highest BCUT2D eigenvalue weighted by molar-refractivity contribution is 7.47. The van der Waals surface area contributed by atoms with Gasteiger partial charge in [-0.1, -0.05) is 260 Å². The Bertz CT molecular complexity index is 1650. The van der Waals surface area contributed by atoms with E-state index in [9.17, 15) is 43.2 Å². The number of rotatable bonds is 62. The Kier molecular flexibility index (Phi) is 54.1. The number of aliphatic hydroxyl groups excluding tert-OH is 1. The molecule has 0 aliphatic carbocycles. The molecule has 0 bridgehead atoms. The summed E-state index contributed by atoms with van der Waals surface area (Å²) in [6, 6.07) is 0. The summed E-state index contributed by atoms with van der Waals surface area (Å²) in [6.07, 6.45) is 36.7. The van der Waals surface area contributed by atoms with E-state index < -0.39 is 97.5 Å². The maximum atomic E-state index is 13.0. The minimum atomic E-state index is -4.94. The molecule has 7 atom stereocenters. The third-order valence-electron chi connectivity index (χ3n) is 15.4. The molecule has 0 aromatic heterocycles. The van der Waals surface area contributed by atoms with Crippen LogP contribution in [0.4, 0.5) is 0 Å². The van der Waals surface area contributed by atoms with Crippen LogP contribution in [-0.4, -0.2) is 96.7 Å². The minimum Gasteiger partial charge on any atom is -0.462 e. The van der Waals surface area contributed by atoms with Crippen molar-refractivity contribution in [3.8, 4) is 0 Å². The Morgan fingerprint density at radius 3 is 0.916 bits per heavy atom. The van der Waals surface area contributed by atoms with Crippen LogP contribution >= 0.6 is 15.6 Å². The van der Waals surface area contributed by atoms with E-state index in [0.717, 1.165) is 120 Å². The second-order valence-electron chi connectivity index (χ2n) is 24.1. The van der Waals surface area contributed by atoms with Crippen molar-refractivity contribution in [1.29, 1.82) is 0 Å². The fraction of sp³-hybridized carbons (Fsp3) is 0.938. The quantitative estimate of drug-likeness (QED) is 0.0222. The molecule has 0 aromatic rings. The lowest BCUT2D eigenvalue weighted by molar-refractivity contribution is -0.161. The van der Waals surface area contributed by atoms with Crippen LogP contribution in [0.25, 0.3) is 0 Å². The molecule has 3 N–H and O–H groups in total. The molecule has 0 radical (unpaired) electrons. The summed E-state index contributed by atoms with van der Waals surface area (Å²) in [6.45, 7) is 11.6. The molecule has 0 aliphatic heterocycles.